The summed E-state index contributed by atoms with van der Waals surface area (Å²) in [7, 11) is 1.57. The molecule has 5 heteroatoms. The summed E-state index contributed by atoms with van der Waals surface area (Å²) in [5.41, 5.74) is 6.52. The first kappa shape index (κ1) is 15.5. The lowest BCUT2D eigenvalue weighted by Crippen LogP contribution is -2.11. The van der Waals surface area contributed by atoms with Crippen molar-refractivity contribution in [3.63, 3.8) is 0 Å². The van der Waals surface area contributed by atoms with Gasteiger partial charge in [0.15, 0.2) is 11.5 Å². The van der Waals surface area contributed by atoms with Gasteiger partial charge in [0.2, 0.25) is 0 Å². The molecule has 2 aromatic carbocycles. The highest BCUT2D eigenvalue weighted by Crippen LogP contribution is 2.34. The Bertz CT molecular complexity index is 550. The van der Waals surface area contributed by atoms with Crippen LogP contribution >= 0.6 is 11.6 Å². The number of hydrogen-bond donors (Lipinski definition) is 1. The number of nitrogens with two attached hydrogens (primary N) is 1. The van der Waals surface area contributed by atoms with Crippen molar-refractivity contribution < 1.29 is 14.2 Å². The SMILES string of the molecule is COc1cc(Cl)cc(CN)c1OCCOc1ccccc1. The minimum absolute atomic E-state index is 0.325. The molecule has 0 radical (unpaired) electrons. The second-order valence-corrected chi connectivity index (χ2v) is 4.75. The van der Waals surface area contributed by atoms with E-state index in [0.29, 0.717) is 36.3 Å². The maximum Gasteiger partial charge on any atom is 0.165 e. The molecule has 0 amide bonds. The van der Waals surface area contributed by atoms with Crippen LogP contribution < -0.4 is 19.9 Å². The Labute approximate surface area is 129 Å². The second kappa shape index (κ2) is 7.76. The van der Waals surface area contributed by atoms with Gasteiger partial charge in [-0.25, -0.2) is 0 Å². The van der Waals surface area contributed by atoms with E-state index in [1.54, 1.807) is 19.2 Å². The number of para-hydroxylation sites is 1. The van der Waals surface area contributed by atoms with Crippen molar-refractivity contribution in [2.24, 2.45) is 5.73 Å². The molecule has 0 saturated heterocycles. The van der Waals surface area contributed by atoms with Crippen LogP contribution in [0.2, 0.25) is 5.02 Å². The molecule has 2 aromatic rings. The van der Waals surface area contributed by atoms with E-state index in [4.69, 9.17) is 31.5 Å². The zero-order valence-corrected chi connectivity index (χ0v) is 12.6. The van der Waals surface area contributed by atoms with Gasteiger partial charge in [0, 0.05) is 23.2 Å². The third-order valence-corrected chi connectivity index (χ3v) is 3.10. The predicted molar refractivity (Wildman–Crippen MR) is 83.3 cm³/mol. The Kier molecular flexibility index (Phi) is 5.72. The summed E-state index contributed by atoms with van der Waals surface area (Å²) in [6.45, 7) is 1.14. The molecule has 2 rings (SSSR count). The Balaban J connectivity index is 1.96. The maximum atomic E-state index is 6.01. The second-order valence-electron chi connectivity index (χ2n) is 4.31. The summed E-state index contributed by atoms with van der Waals surface area (Å²) in [4.78, 5) is 0. The van der Waals surface area contributed by atoms with Crippen LogP contribution in [0.3, 0.4) is 0 Å². The van der Waals surface area contributed by atoms with Gasteiger partial charge >= 0.3 is 0 Å². The van der Waals surface area contributed by atoms with Crippen molar-refractivity contribution >= 4 is 11.6 Å². The molecular formula is C16H18ClNO3. The van der Waals surface area contributed by atoms with Gasteiger partial charge in [-0.15, -0.1) is 0 Å². The monoisotopic (exact) mass is 307 g/mol. The first-order valence-corrected chi connectivity index (χ1v) is 6.99. The summed E-state index contributed by atoms with van der Waals surface area (Å²) < 4.78 is 16.6. The quantitative estimate of drug-likeness (QED) is 0.798. The highest BCUT2D eigenvalue weighted by atomic mass is 35.5. The molecule has 0 heterocycles. The fourth-order valence-electron chi connectivity index (χ4n) is 1.91. The van der Waals surface area contributed by atoms with Gasteiger partial charge in [0.05, 0.1) is 7.11 Å². The van der Waals surface area contributed by atoms with Gasteiger partial charge in [-0.2, -0.15) is 0 Å². The van der Waals surface area contributed by atoms with Crippen LogP contribution in [0.4, 0.5) is 0 Å². The minimum atomic E-state index is 0.325. The van der Waals surface area contributed by atoms with Crippen LogP contribution in [0, 0.1) is 0 Å². The lowest BCUT2D eigenvalue weighted by molar-refractivity contribution is 0.210. The van der Waals surface area contributed by atoms with Gasteiger partial charge < -0.3 is 19.9 Å². The van der Waals surface area contributed by atoms with E-state index in [-0.39, 0.29) is 0 Å². The number of methoxy groups -OCH3 is 1. The van der Waals surface area contributed by atoms with Crippen molar-refractivity contribution in [3.05, 3.63) is 53.1 Å². The van der Waals surface area contributed by atoms with Crippen molar-refractivity contribution in [2.45, 2.75) is 6.54 Å². The fourth-order valence-corrected chi connectivity index (χ4v) is 2.14. The van der Waals surface area contributed by atoms with E-state index in [1.165, 1.54) is 0 Å². The van der Waals surface area contributed by atoms with Gasteiger partial charge in [-0.3, -0.25) is 0 Å². The molecule has 112 valence electrons. The molecule has 0 aromatic heterocycles. The highest BCUT2D eigenvalue weighted by molar-refractivity contribution is 6.30. The first-order valence-electron chi connectivity index (χ1n) is 6.61. The van der Waals surface area contributed by atoms with Crippen LogP contribution in [0.15, 0.2) is 42.5 Å². The standard InChI is InChI=1S/C16H18ClNO3/c1-19-15-10-13(17)9-12(11-18)16(15)21-8-7-20-14-5-3-2-4-6-14/h2-6,9-10H,7-8,11,18H2,1H3. The molecule has 0 spiro atoms. The lowest BCUT2D eigenvalue weighted by Gasteiger charge is -2.15. The highest BCUT2D eigenvalue weighted by Gasteiger charge is 2.11. The van der Waals surface area contributed by atoms with E-state index in [2.05, 4.69) is 0 Å². The van der Waals surface area contributed by atoms with Crippen LogP contribution in [0.25, 0.3) is 0 Å². The summed E-state index contributed by atoms with van der Waals surface area (Å²) in [6.07, 6.45) is 0. The van der Waals surface area contributed by atoms with E-state index < -0.39 is 0 Å². The predicted octanol–water partition coefficient (Wildman–Crippen LogP) is 3.27. The third-order valence-electron chi connectivity index (χ3n) is 2.88. The van der Waals surface area contributed by atoms with Gasteiger partial charge in [0.25, 0.3) is 0 Å². The topological polar surface area (TPSA) is 53.7 Å². The summed E-state index contributed by atoms with van der Waals surface area (Å²) in [5.74, 6) is 1.99. The molecule has 0 fully saturated rings. The van der Waals surface area contributed by atoms with Crippen LogP contribution in [0.1, 0.15) is 5.56 Å². The largest absolute Gasteiger partial charge is 0.493 e. The van der Waals surface area contributed by atoms with Crippen molar-refractivity contribution in [1.82, 2.24) is 0 Å². The van der Waals surface area contributed by atoms with Gasteiger partial charge in [-0.05, 0) is 18.2 Å². The van der Waals surface area contributed by atoms with E-state index in [1.807, 2.05) is 30.3 Å². The fraction of sp³-hybridized carbons (Fsp3) is 0.250. The first-order chi connectivity index (χ1) is 10.2. The summed E-state index contributed by atoms with van der Waals surface area (Å²) in [6, 6.07) is 13.1. The lowest BCUT2D eigenvalue weighted by atomic mass is 10.2. The molecule has 0 saturated carbocycles. The Morgan fingerprint density at radius 2 is 1.76 bits per heavy atom. The Hall–Kier alpha value is -1.91. The normalized spacial score (nSPS) is 10.2. The third kappa shape index (κ3) is 4.28. The van der Waals surface area contributed by atoms with Gasteiger partial charge in [-0.1, -0.05) is 29.8 Å². The number of rotatable bonds is 7. The number of hydrogen-bond acceptors (Lipinski definition) is 4. The maximum absolute atomic E-state index is 6.01. The molecule has 2 N–H and O–H groups in total. The molecule has 0 aliphatic carbocycles. The number of halogens is 1. The Morgan fingerprint density at radius 1 is 1.05 bits per heavy atom. The van der Waals surface area contributed by atoms with E-state index in [9.17, 15) is 0 Å². The van der Waals surface area contributed by atoms with Crippen LogP contribution in [0.5, 0.6) is 17.2 Å². The van der Waals surface area contributed by atoms with Crippen molar-refractivity contribution in [1.29, 1.82) is 0 Å². The summed E-state index contributed by atoms with van der Waals surface area (Å²) in [5, 5.41) is 0.570. The average Bonchev–Trinajstić information content (AvgIpc) is 2.52. The number of ether oxygens (including phenoxy) is 3. The zero-order valence-electron chi connectivity index (χ0n) is 11.8. The van der Waals surface area contributed by atoms with Crippen LogP contribution in [-0.4, -0.2) is 20.3 Å². The molecule has 0 unspecified atom stereocenters. The minimum Gasteiger partial charge on any atom is -0.493 e. The Morgan fingerprint density at radius 3 is 2.43 bits per heavy atom. The van der Waals surface area contributed by atoms with E-state index in [0.717, 1.165) is 11.3 Å². The smallest absolute Gasteiger partial charge is 0.165 e. The van der Waals surface area contributed by atoms with E-state index >= 15 is 0 Å². The molecular weight excluding hydrogens is 290 g/mol. The zero-order chi connectivity index (χ0) is 15.1. The summed E-state index contributed by atoms with van der Waals surface area (Å²) >= 11 is 6.01. The molecule has 0 bridgehead atoms. The molecule has 0 atom stereocenters. The average molecular weight is 308 g/mol. The molecule has 0 aliphatic rings. The van der Waals surface area contributed by atoms with Crippen molar-refractivity contribution in [3.8, 4) is 17.2 Å². The van der Waals surface area contributed by atoms with Crippen LogP contribution in [-0.2, 0) is 6.54 Å². The van der Waals surface area contributed by atoms with Crippen molar-refractivity contribution in [2.75, 3.05) is 20.3 Å². The molecule has 0 aliphatic heterocycles. The number of benzene rings is 2. The molecule has 4 nitrogen and oxygen atoms in total. The van der Waals surface area contributed by atoms with Gasteiger partial charge in [0.1, 0.15) is 19.0 Å². The molecule has 21 heavy (non-hydrogen) atoms.